The molecule has 0 aromatic carbocycles. The van der Waals surface area contributed by atoms with Crippen molar-refractivity contribution in [1.82, 2.24) is 9.78 Å². The Bertz CT molecular complexity index is 471. The van der Waals surface area contributed by atoms with E-state index in [-0.39, 0.29) is 6.04 Å². The first-order valence-corrected chi connectivity index (χ1v) is 8.61. The van der Waals surface area contributed by atoms with Gasteiger partial charge in [-0.05, 0) is 57.3 Å². The van der Waals surface area contributed by atoms with Crippen LogP contribution in [0.3, 0.4) is 0 Å². The average Bonchev–Trinajstić information content (AvgIpc) is 3.33. The first kappa shape index (κ1) is 14.9. The molecule has 0 bridgehead atoms. The molecular weight excluding hydrogens is 260 g/mol. The van der Waals surface area contributed by atoms with Crippen LogP contribution in [0, 0.1) is 18.8 Å². The molecule has 1 heterocycles. The minimum atomic E-state index is 0.246. The van der Waals surface area contributed by atoms with Gasteiger partial charge in [-0.2, -0.15) is 5.10 Å². The first-order valence-electron chi connectivity index (χ1n) is 8.61. The molecule has 2 aliphatic carbocycles. The van der Waals surface area contributed by atoms with Crippen molar-refractivity contribution in [3.63, 3.8) is 0 Å². The van der Waals surface area contributed by atoms with E-state index < -0.39 is 0 Å². The zero-order valence-electron chi connectivity index (χ0n) is 13.8. The van der Waals surface area contributed by atoms with Crippen LogP contribution in [-0.2, 0) is 13.5 Å². The Balaban J connectivity index is 1.84. The van der Waals surface area contributed by atoms with Gasteiger partial charge in [-0.3, -0.25) is 4.68 Å². The fourth-order valence-electron chi connectivity index (χ4n) is 3.20. The standard InChI is InChI=1S/C17H30N4/c1-4-15(18)9-16-12(2)19-20(3)17(16)21(10-13-5-6-13)11-14-7-8-14/h13-15H,4-11,18H2,1-3H3. The van der Waals surface area contributed by atoms with Crippen LogP contribution < -0.4 is 10.6 Å². The number of rotatable bonds is 8. The number of hydrogen-bond donors (Lipinski definition) is 1. The largest absolute Gasteiger partial charge is 0.356 e. The molecule has 4 nitrogen and oxygen atoms in total. The highest BCUT2D eigenvalue weighted by Gasteiger charge is 2.32. The van der Waals surface area contributed by atoms with Crippen LogP contribution in [0.2, 0.25) is 0 Å². The van der Waals surface area contributed by atoms with E-state index in [0.717, 1.165) is 30.4 Å². The molecule has 0 aliphatic heterocycles. The number of aryl methyl sites for hydroxylation is 2. The molecule has 3 rings (SSSR count). The highest BCUT2D eigenvalue weighted by Crippen LogP contribution is 2.37. The first-order chi connectivity index (χ1) is 10.1. The lowest BCUT2D eigenvalue weighted by atomic mass is 10.0. The number of nitrogens with zero attached hydrogens (tertiary/aromatic N) is 3. The summed E-state index contributed by atoms with van der Waals surface area (Å²) >= 11 is 0. The molecule has 1 unspecified atom stereocenters. The summed E-state index contributed by atoms with van der Waals surface area (Å²) in [6.07, 6.45) is 7.60. The van der Waals surface area contributed by atoms with E-state index in [1.54, 1.807) is 0 Å². The van der Waals surface area contributed by atoms with Crippen LogP contribution in [0.5, 0.6) is 0 Å². The molecule has 2 aliphatic rings. The normalized spacial score (nSPS) is 19.8. The van der Waals surface area contributed by atoms with E-state index in [1.165, 1.54) is 50.2 Å². The fourth-order valence-corrected chi connectivity index (χ4v) is 3.20. The lowest BCUT2D eigenvalue weighted by Crippen LogP contribution is -2.32. The van der Waals surface area contributed by atoms with Crippen LogP contribution in [0.1, 0.15) is 50.3 Å². The van der Waals surface area contributed by atoms with Gasteiger partial charge < -0.3 is 10.6 Å². The van der Waals surface area contributed by atoms with Crippen molar-refractivity contribution in [3.8, 4) is 0 Å². The lowest BCUT2D eigenvalue weighted by molar-refractivity contribution is 0.622. The predicted octanol–water partition coefficient (Wildman–Crippen LogP) is 2.63. The highest BCUT2D eigenvalue weighted by atomic mass is 15.4. The Hall–Kier alpha value is -1.03. The zero-order chi connectivity index (χ0) is 15.0. The second-order valence-corrected chi connectivity index (χ2v) is 7.18. The maximum absolute atomic E-state index is 6.22. The highest BCUT2D eigenvalue weighted by molar-refractivity contribution is 5.51. The summed E-state index contributed by atoms with van der Waals surface area (Å²) in [4.78, 5) is 2.62. The Morgan fingerprint density at radius 3 is 2.29 bits per heavy atom. The van der Waals surface area contributed by atoms with Crippen LogP contribution >= 0.6 is 0 Å². The van der Waals surface area contributed by atoms with Crippen molar-refractivity contribution in [2.45, 2.75) is 58.4 Å². The van der Waals surface area contributed by atoms with Gasteiger partial charge in [-0.1, -0.05) is 6.92 Å². The van der Waals surface area contributed by atoms with E-state index in [2.05, 4.69) is 30.5 Å². The third kappa shape index (κ3) is 3.60. The SMILES string of the molecule is CCC(N)Cc1c(C)nn(C)c1N(CC1CC1)CC1CC1. The number of aromatic nitrogens is 2. The Morgan fingerprint density at radius 2 is 1.81 bits per heavy atom. The topological polar surface area (TPSA) is 47.1 Å². The van der Waals surface area contributed by atoms with Crippen LogP contribution in [0.4, 0.5) is 5.82 Å². The summed E-state index contributed by atoms with van der Waals surface area (Å²) in [5, 5.41) is 4.69. The van der Waals surface area contributed by atoms with Gasteiger partial charge in [0.25, 0.3) is 0 Å². The van der Waals surface area contributed by atoms with Gasteiger partial charge in [0.2, 0.25) is 0 Å². The lowest BCUT2D eigenvalue weighted by Gasteiger charge is -2.26. The van der Waals surface area contributed by atoms with E-state index in [0.29, 0.717) is 0 Å². The molecule has 0 saturated heterocycles. The minimum Gasteiger partial charge on any atom is -0.356 e. The molecule has 0 amide bonds. The summed E-state index contributed by atoms with van der Waals surface area (Å²) in [6, 6.07) is 0.246. The monoisotopic (exact) mass is 290 g/mol. The average molecular weight is 290 g/mol. The third-order valence-electron chi connectivity index (χ3n) is 4.95. The molecule has 4 heteroatoms. The van der Waals surface area contributed by atoms with Crippen molar-refractivity contribution < 1.29 is 0 Å². The maximum Gasteiger partial charge on any atom is 0.130 e. The Morgan fingerprint density at radius 1 is 1.24 bits per heavy atom. The van der Waals surface area contributed by atoms with E-state index in [1.807, 2.05) is 0 Å². The number of hydrogen-bond acceptors (Lipinski definition) is 3. The van der Waals surface area contributed by atoms with Gasteiger partial charge in [0.1, 0.15) is 5.82 Å². The van der Waals surface area contributed by atoms with Gasteiger partial charge in [-0.25, -0.2) is 0 Å². The summed E-state index contributed by atoms with van der Waals surface area (Å²) in [7, 11) is 2.09. The minimum absolute atomic E-state index is 0.246. The summed E-state index contributed by atoms with van der Waals surface area (Å²) < 4.78 is 2.10. The van der Waals surface area contributed by atoms with Crippen molar-refractivity contribution in [3.05, 3.63) is 11.3 Å². The third-order valence-corrected chi connectivity index (χ3v) is 4.95. The van der Waals surface area contributed by atoms with Crippen molar-refractivity contribution in [2.24, 2.45) is 24.6 Å². The molecule has 21 heavy (non-hydrogen) atoms. The Kier molecular flexibility index (Phi) is 4.25. The molecule has 2 N–H and O–H groups in total. The molecule has 1 aromatic rings. The Labute approximate surface area is 128 Å². The molecule has 1 atom stereocenters. The van der Waals surface area contributed by atoms with Gasteiger partial charge in [0.05, 0.1) is 5.69 Å². The number of nitrogens with two attached hydrogens (primary N) is 1. The molecular formula is C17H30N4. The van der Waals surface area contributed by atoms with E-state index >= 15 is 0 Å². The smallest absolute Gasteiger partial charge is 0.130 e. The van der Waals surface area contributed by atoms with Crippen LogP contribution in [0.15, 0.2) is 0 Å². The van der Waals surface area contributed by atoms with Gasteiger partial charge >= 0.3 is 0 Å². The van der Waals surface area contributed by atoms with Gasteiger partial charge in [0.15, 0.2) is 0 Å². The second kappa shape index (κ2) is 5.99. The summed E-state index contributed by atoms with van der Waals surface area (Å²) in [5.74, 6) is 3.16. The molecule has 0 spiro atoms. The van der Waals surface area contributed by atoms with E-state index in [4.69, 9.17) is 10.8 Å². The summed E-state index contributed by atoms with van der Waals surface area (Å²) in [5.41, 5.74) is 8.77. The molecule has 0 radical (unpaired) electrons. The fraction of sp³-hybridized carbons (Fsp3) is 0.824. The van der Waals surface area contributed by atoms with Gasteiger partial charge in [0, 0.05) is 31.7 Å². The predicted molar refractivity (Wildman–Crippen MR) is 87.6 cm³/mol. The van der Waals surface area contributed by atoms with Crippen molar-refractivity contribution in [2.75, 3.05) is 18.0 Å². The molecule has 1 aromatic heterocycles. The molecule has 118 valence electrons. The van der Waals surface area contributed by atoms with Crippen molar-refractivity contribution in [1.29, 1.82) is 0 Å². The molecule has 2 saturated carbocycles. The van der Waals surface area contributed by atoms with Crippen molar-refractivity contribution >= 4 is 5.82 Å². The van der Waals surface area contributed by atoms with Crippen LogP contribution in [0.25, 0.3) is 0 Å². The van der Waals surface area contributed by atoms with E-state index in [9.17, 15) is 0 Å². The summed E-state index contributed by atoms with van der Waals surface area (Å²) in [6.45, 7) is 6.73. The number of anilines is 1. The van der Waals surface area contributed by atoms with Gasteiger partial charge in [-0.15, -0.1) is 0 Å². The quantitative estimate of drug-likeness (QED) is 0.800. The maximum atomic E-state index is 6.22. The molecule has 2 fully saturated rings. The zero-order valence-corrected chi connectivity index (χ0v) is 13.8. The van der Waals surface area contributed by atoms with Crippen LogP contribution in [-0.4, -0.2) is 28.9 Å². The second-order valence-electron chi connectivity index (χ2n) is 7.18.